The summed E-state index contributed by atoms with van der Waals surface area (Å²) in [5, 5.41) is 2.69. The zero-order chi connectivity index (χ0) is 17.0. The standard InChI is InChI=1S/C15H19F3N2O3/c1-9-6-10(2-4-12(9)22-8-15(16,17)18)20-14(21)13-5-3-11(7-19)23-13/h2,4,6,11,13H,3,5,7-8,19H2,1H3,(H,20,21)/t11-,13+/m1/s1. The van der Waals surface area contributed by atoms with Crippen LogP contribution in [0, 0.1) is 6.92 Å². The van der Waals surface area contributed by atoms with Crippen molar-refractivity contribution in [2.45, 2.75) is 38.1 Å². The molecule has 5 nitrogen and oxygen atoms in total. The quantitative estimate of drug-likeness (QED) is 0.868. The lowest BCUT2D eigenvalue weighted by atomic mass is 10.1. The van der Waals surface area contributed by atoms with Gasteiger partial charge in [0.05, 0.1) is 6.10 Å². The van der Waals surface area contributed by atoms with Gasteiger partial charge in [0.25, 0.3) is 5.91 Å². The van der Waals surface area contributed by atoms with Gasteiger partial charge in [-0.15, -0.1) is 0 Å². The smallest absolute Gasteiger partial charge is 0.422 e. The van der Waals surface area contributed by atoms with Crippen molar-refractivity contribution in [3.8, 4) is 5.75 Å². The average molecular weight is 332 g/mol. The number of hydrogen-bond acceptors (Lipinski definition) is 4. The second-order valence-electron chi connectivity index (χ2n) is 5.43. The number of nitrogens with two attached hydrogens (primary N) is 1. The summed E-state index contributed by atoms with van der Waals surface area (Å²) in [6.45, 7) is 0.627. The number of carbonyl (C=O) groups excluding carboxylic acids is 1. The first-order valence-electron chi connectivity index (χ1n) is 7.25. The third kappa shape index (κ3) is 5.11. The summed E-state index contributed by atoms with van der Waals surface area (Å²) in [5.74, 6) is -0.162. The van der Waals surface area contributed by atoms with Crippen molar-refractivity contribution in [1.29, 1.82) is 0 Å². The summed E-state index contributed by atoms with van der Waals surface area (Å²) in [4.78, 5) is 12.1. The first-order valence-corrected chi connectivity index (χ1v) is 7.25. The van der Waals surface area contributed by atoms with Crippen LogP contribution in [0.25, 0.3) is 0 Å². The maximum Gasteiger partial charge on any atom is 0.422 e. The van der Waals surface area contributed by atoms with E-state index in [1.807, 2.05) is 0 Å². The summed E-state index contributed by atoms with van der Waals surface area (Å²) >= 11 is 0. The van der Waals surface area contributed by atoms with E-state index < -0.39 is 18.9 Å². The van der Waals surface area contributed by atoms with E-state index in [2.05, 4.69) is 5.32 Å². The zero-order valence-electron chi connectivity index (χ0n) is 12.7. The van der Waals surface area contributed by atoms with Crippen LogP contribution in [0.2, 0.25) is 0 Å². The monoisotopic (exact) mass is 332 g/mol. The molecular formula is C15H19F3N2O3. The Morgan fingerprint density at radius 2 is 2.17 bits per heavy atom. The third-order valence-corrected chi connectivity index (χ3v) is 3.50. The molecule has 1 amide bonds. The van der Waals surface area contributed by atoms with Crippen LogP contribution >= 0.6 is 0 Å². The summed E-state index contributed by atoms with van der Waals surface area (Å²) < 4.78 is 46.7. The van der Waals surface area contributed by atoms with Gasteiger partial charge in [0.2, 0.25) is 0 Å². The van der Waals surface area contributed by atoms with E-state index in [0.29, 0.717) is 24.2 Å². The highest BCUT2D eigenvalue weighted by Gasteiger charge is 2.30. The van der Waals surface area contributed by atoms with E-state index in [4.69, 9.17) is 15.2 Å². The molecule has 2 rings (SSSR count). The van der Waals surface area contributed by atoms with E-state index in [-0.39, 0.29) is 17.8 Å². The van der Waals surface area contributed by atoms with Gasteiger partial charge in [0.15, 0.2) is 6.61 Å². The topological polar surface area (TPSA) is 73.6 Å². The number of benzene rings is 1. The van der Waals surface area contributed by atoms with Crippen molar-refractivity contribution in [2.75, 3.05) is 18.5 Å². The average Bonchev–Trinajstić information content (AvgIpc) is 2.94. The van der Waals surface area contributed by atoms with Crippen LogP contribution < -0.4 is 15.8 Å². The Balaban J connectivity index is 1.94. The molecule has 0 aromatic heterocycles. The lowest BCUT2D eigenvalue weighted by Crippen LogP contribution is -2.29. The van der Waals surface area contributed by atoms with Crippen molar-refractivity contribution < 1.29 is 27.4 Å². The van der Waals surface area contributed by atoms with Crippen molar-refractivity contribution in [3.05, 3.63) is 23.8 Å². The molecule has 1 saturated heterocycles. The molecule has 8 heteroatoms. The number of rotatable bonds is 5. The Labute approximate surface area is 131 Å². The van der Waals surface area contributed by atoms with Gasteiger partial charge in [-0.25, -0.2) is 0 Å². The largest absolute Gasteiger partial charge is 0.484 e. The Kier molecular flexibility index (Phi) is 5.48. The van der Waals surface area contributed by atoms with Crippen LogP contribution in [-0.4, -0.2) is 37.4 Å². The van der Waals surface area contributed by atoms with Gasteiger partial charge < -0.3 is 20.5 Å². The van der Waals surface area contributed by atoms with E-state index in [1.54, 1.807) is 13.0 Å². The molecule has 2 atom stereocenters. The van der Waals surface area contributed by atoms with Crippen molar-refractivity contribution in [3.63, 3.8) is 0 Å². The Bertz CT molecular complexity index is 563. The lowest BCUT2D eigenvalue weighted by Gasteiger charge is -2.15. The van der Waals surface area contributed by atoms with Gasteiger partial charge in [0.1, 0.15) is 11.9 Å². The molecule has 0 saturated carbocycles. The summed E-state index contributed by atoms with van der Waals surface area (Å²) in [5.41, 5.74) is 6.47. The van der Waals surface area contributed by atoms with E-state index >= 15 is 0 Å². The molecule has 1 aliphatic heterocycles. The predicted octanol–water partition coefficient (Wildman–Crippen LogP) is 2.38. The molecule has 0 aliphatic carbocycles. The van der Waals surface area contributed by atoms with E-state index in [1.165, 1.54) is 12.1 Å². The van der Waals surface area contributed by atoms with Crippen LogP contribution in [0.3, 0.4) is 0 Å². The number of alkyl halides is 3. The first-order chi connectivity index (χ1) is 10.8. The van der Waals surface area contributed by atoms with Gasteiger partial charge >= 0.3 is 6.18 Å². The minimum absolute atomic E-state index is 0.106. The maximum absolute atomic E-state index is 12.2. The highest BCUT2D eigenvalue weighted by molar-refractivity contribution is 5.94. The van der Waals surface area contributed by atoms with Crippen LogP contribution in [0.5, 0.6) is 5.75 Å². The molecule has 3 N–H and O–H groups in total. The molecule has 23 heavy (non-hydrogen) atoms. The Hall–Kier alpha value is -1.80. The highest BCUT2D eigenvalue weighted by atomic mass is 19.4. The molecule has 0 unspecified atom stereocenters. The first kappa shape index (κ1) is 17.6. The summed E-state index contributed by atoms with van der Waals surface area (Å²) in [6.07, 6.45) is -3.72. The molecule has 0 spiro atoms. The fourth-order valence-electron chi connectivity index (χ4n) is 2.34. The van der Waals surface area contributed by atoms with E-state index in [0.717, 1.165) is 6.42 Å². The SMILES string of the molecule is Cc1cc(NC(=O)[C@@H]2CC[C@H](CN)O2)ccc1OCC(F)(F)F. The molecule has 0 radical (unpaired) electrons. The van der Waals surface area contributed by atoms with Crippen LogP contribution in [-0.2, 0) is 9.53 Å². The summed E-state index contributed by atoms with van der Waals surface area (Å²) in [7, 11) is 0. The highest BCUT2D eigenvalue weighted by Crippen LogP contribution is 2.26. The minimum Gasteiger partial charge on any atom is -0.484 e. The van der Waals surface area contributed by atoms with Gasteiger partial charge in [-0.3, -0.25) is 4.79 Å². The number of anilines is 1. The van der Waals surface area contributed by atoms with E-state index in [9.17, 15) is 18.0 Å². The molecule has 1 aliphatic rings. The predicted molar refractivity (Wildman–Crippen MR) is 78.3 cm³/mol. The molecule has 1 aromatic rings. The third-order valence-electron chi connectivity index (χ3n) is 3.50. The number of carbonyl (C=O) groups is 1. The second kappa shape index (κ2) is 7.18. The Morgan fingerprint density at radius 1 is 1.43 bits per heavy atom. The molecule has 1 heterocycles. The summed E-state index contributed by atoms with van der Waals surface area (Å²) in [6, 6.07) is 4.44. The zero-order valence-corrected chi connectivity index (χ0v) is 12.7. The lowest BCUT2D eigenvalue weighted by molar-refractivity contribution is -0.153. The number of ether oxygens (including phenoxy) is 2. The number of aryl methyl sites for hydroxylation is 1. The fourth-order valence-corrected chi connectivity index (χ4v) is 2.34. The molecular weight excluding hydrogens is 313 g/mol. The molecule has 0 bridgehead atoms. The number of nitrogens with one attached hydrogen (secondary N) is 1. The van der Waals surface area contributed by atoms with Gasteiger partial charge in [-0.05, 0) is 43.5 Å². The van der Waals surface area contributed by atoms with Crippen molar-refractivity contribution in [2.24, 2.45) is 5.73 Å². The minimum atomic E-state index is -4.39. The van der Waals surface area contributed by atoms with Gasteiger partial charge in [-0.2, -0.15) is 13.2 Å². The molecule has 1 fully saturated rings. The van der Waals surface area contributed by atoms with Gasteiger partial charge in [-0.1, -0.05) is 0 Å². The van der Waals surface area contributed by atoms with Crippen LogP contribution in [0.4, 0.5) is 18.9 Å². The van der Waals surface area contributed by atoms with Crippen LogP contribution in [0.1, 0.15) is 18.4 Å². The fraction of sp³-hybridized carbons (Fsp3) is 0.533. The normalized spacial score (nSPS) is 21.3. The second-order valence-corrected chi connectivity index (χ2v) is 5.43. The van der Waals surface area contributed by atoms with Crippen molar-refractivity contribution >= 4 is 11.6 Å². The molecule has 128 valence electrons. The number of halogens is 3. The maximum atomic E-state index is 12.2. The van der Waals surface area contributed by atoms with Crippen LogP contribution in [0.15, 0.2) is 18.2 Å². The number of hydrogen-bond donors (Lipinski definition) is 2. The van der Waals surface area contributed by atoms with Crippen molar-refractivity contribution in [1.82, 2.24) is 0 Å². The van der Waals surface area contributed by atoms with Gasteiger partial charge in [0, 0.05) is 12.2 Å². The number of amides is 1. The molecule has 1 aromatic carbocycles. The Morgan fingerprint density at radius 3 is 2.74 bits per heavy atom.